The van der Waals surface area contributed by atoms with Crippen LogP contribution in [0.4, 0.5) is 0 Å². The molecule has 0 aliphatic heterocycles. The van der Waals surface area contributed by atoms with Crippen LogP contribution in [0.1, 0.15) is 27.2 Å². The van der Waals surface area contributed by atoms with Gasteiger partial charge in [-0.05, 0) is 19.3 Å². The molecule has 5 N–H and O–H groups in total. The molecule has 0 heterocycles. The van der Waals surface area contributed by atoms with Gasteiger partial charge in [0.05, 0.1) is 6.54 Å². The van der Waals surface area contributed by atoms with Crippen molar-refractivity contribution in [2.75, 3.05) is 6.54 Å². The molecular formula is C11H21N3O4. The average molecular weight is 259 g/mol. The lowest BCUT2D eigenvalue weighted by atomic mass is 10.0. The molecule has 2 atom stereocenters. The highest BCUT2D eigenvalue weighted by atomic mass is 16.4. The van der Waals surface area contributed by atoms with Crippen molar-refractivity contribution in [1.29, 1.82) is 0 Å². The highest BCUT2D eigenvalue weighted by Gasteiger charge is 2.24. The van der Waals surface area contributed by atoms with Gasteiger partial charge in [0.25, 0.3) is 0 Å². The molecule has 7 nitrogen and oxygen atoms in total. The van der Waals surface area contributed by atoms with E-state index in [-0.39, 0.29) is 12.5 Å². The van der Waals surface area contributed by atoms with Crippen molar-refractivity contribution >= 4 is 17.8 Å². The number of rotatable bonds is 7. The van der Waals surface area contributed by atoms with E-state index < -0.39 is 29.9 Å². The molecule has 2 amide bonds. The third kappa shape index (κ3) is 6.19. The molecule has 0 radical (unpaired) electrons. The Bertz CT molecular complexity index is 317. The summed E-state index contributed by atoms with van der Waals surface area (Å²) in [5.41, 5.74) is 5.16. The van der Waals surface area contributed by atoms with E-state index in [1.165, 1.54) is 6.92 Å². The first kappa shape index (κ1) is 16.4. The molecule has 0 rings (SSSR count). The summed E-state index contributed by atoms with van der Waals surface area (Å²) in [4.78, 5) is 33.6. The molecule has 0 aromatic rings. The number of aliphatic carboxylic acids is 1. The predicted octanol–water partition coefficient (Wildman–Crippen LogP) is -0.935. The third-order valence-corrected chi connectivity index (χ3v) is 2.27. The van der Waals surface area contributed by atoms with E-state index in [9.17, 15) is 14.4 Å². The van der Waals surface area contributed by atoms with Crippen molar-refractivity contribution in [1.82, 2.24) is 10.6 Å². The average Bonchev–Trinajstić information content (AvgIpc) is 2.26. The standard InChI is InChI=1S/C11H21N3O4/c1-6(2)4-8(14-9(15)5-12)10(16)13-7(3)11(17)18/h6-8H,4-5,12H2,1-3H3,(H,13,16)(H,14,15)(H,17,18). The minimum absolute atomic E-state index is 0.180. The Balaban J connectivity index is 4.58. The van der Waals surface area contributed by atoms with Crippen molar-refractivity contribution in [3.05, 3.63) is 0 Å². The second kappa shape index (κ2) is 7.65. The van der Waals surface area contributed by atoms with E-state index in [1.54, 1.807) is 0 Å². The molecule has 0 spiro atoms. The maximum Gasteiger partial charge on any atom is 0.325 e. The van der Waals surface area contributed by atoms with E-state index >= 15 is 0 Å². The van der Waals surface area contributed by atoms with Crippen molar-refractivity contribution in [3.63, 3.8) is 0 Å². The number of nitrogens with two attached hydrogens (primary N) is 1. The van der Waals surface area contributed by atoms with Crippen LogP contribution < -0.4 is 16.4 Å². The normalized spacial score (nSPS) is 13.8. The number of amides is 2. The van der Waals surface area contributed by atoms with Gasteiger partial charge >= 0.3 is 5.97 Å². The molecule has 0 fully saturated rings. The molecule has 0 aliphatic rings. The summed E-state index contributed by atoms with van der Waals surface area (Å²) in [6, 6.07) is -1.76. The Morgan fingerprint density at radius 1 is 1.17 bits per heavy atom. The zero-order valence-electron chi connectivity index (χ0n) is 10.9. The van der Waals surface area contributed by atoms with Gasteiger partial charge in [-0.1, -0.05) is 13.8 Å². The smallest absolute Gasteiger partial charge is 0.325 e. The minimum Gasteiger partial charge on any atom is -0.480 e. The molecule has 0 bridgehead atoms. The summed E-state index contributed by atoms with van der Waals surface area (Å²) in [5, 5.41) is 13.5. The summed E-state index contributed by atoms with van der Waals surface area (Å²) in [6.07, 6.45) is 0.421. The Kier molecular flexibility index (Phi) is 6.96. The molecule has 0 aliphatic carbocycles. The first-order chi connectivity index (χ1) is 8.27. The van der Waals surface area contributed by atoms with Gasteiger partial charge < -0.3 is 21.5 Å². The van der Waals surface area contributed by atoms with Gasteiger partial charge in [0.15, 0.2) is 0 Å². The molecule has 104 valence electrons. The van der Waals surface area contributed by atoms with Crippen LogP contribution in [0.2, 0.25) is 0 Å². The van der Waals surface area contributed by atoms with Crippen LogP contribution in [0, 0.1) is 5.92 Å². The topological polar surface area (TPSA) is 122 Å². The molecule has 2 unspecified atom stereocenters. The molecule has 7 heteroatoms. The van der Waals surface area contributed by atoms with Crippen LogP contribution in [-0.2, 0) is 14.4 Å². The lowest BCUT2D eigenvalue weighted by Gasteiger charge is -2.21. The van der Waals surface area contributed by atoms with E-state index in [1.807, 2.05) is 13.8 Å². The van der Waals surface area contributed by atoms with E-state index in [0.29, 0.717) is 6.42 Å². The fourth-order valence-electron chi connectivity index (χ4n) is 1.33. The van der Waals surface area contributed by atoms with Gasteiger partial charge in [-0.3, -0.25) is 14.4 Å². The molecule has 0 saturated heterocycles. The summed E-state index contributed by atoms with van der Waals surface area (Å²) in [6.45, 7) is 4.94. The highest BCUT2D eigenvalue weighted by molar-refractivity contribution is 5.90. The van der Waals surface area contributed by atoms with Crippen LogP contribution in [0.3, 0.4) is 0 Å². The number of hydrogen-bond acceptors (Lipinski definition) is 4. The molecule has 0 saturated carbocycles. The number of hydrogen-bond donors (Lipinski definition) is 4. The summed E-state index contributed by atoms with van der Waals surface area (Å²) in [7, 11) is 0. The summed E-state index contributed by atoms with van der Waals surface area (Å²) in [5.74, 6) is -1.91. The second-order valence-corrected chi connectivity index (χ2v) is 4.52. The lowest BCUT2D eigenvalue weighted by molar-refractivity contribution is -0.141. The van der Waals surface area contributed by atoms with E-state index in [2.05, 4.69) is 10.6 Å². The Morgan fingerprint density at radius 3 is 2.11 bits per heavy atom. The SMILES string of the molecule is CC(C)CC(NC(=O)CN)C(=O)NC(C)C(=O)O. The molecule has 0 aromatic heterocycles. The monoisotopic (exact) mass is 259 g/mol. The number of nitrogens with one attached hydrogen (secondary N) is 2. The van der Waals surface area contributed by atoms with Crippen LogP contribution in [-0.4, -0.2) is 41.5 Å². The third-order valence-electron chi connectivity index (χ3n) is 2.27. The van der Waals surface area contributed by atoms with Crippen LogP contribution in [0.25, 0.3) is 0 Å². The molecular weight excluding hydrogens is 238 g/mol. The summed E-state index contributed by atoms with van der Waals surface area (Å²) >= 11 is 0. The highest BCUT2D eigenvalue weighted by Crippen LogP contribution is 2.05. The van der Waals surface area contributed by atoms with Gasteiger partial charge in [0, 0.05) is 0 Å². The number of carboxylic acids is 1. The Labute approximate surface area is 106 Å². The van der Waals surface area contributed by atoms with Gasteiger partial charge in [0.1, 0.15) is 12.1 Å². The Hall–Kier alpha value is -1.63. The van der Waals surface area contributed by atoms with Crippen molar-refractivity contribution in [2.24, 2.45) is 11.7 Å². The first-order valence-corrected chi connectivity index (χ1v) is 5.80. The molecule has 0 aromatic carbocycles. The fraction of sp³-hybridized carbons (Fsp3) is 0.727. The van der Waals surface area contributed by atoms with Crippen LogP contribution in [0.5, 0.6) is 0 Å². The van der Waals surface area contributed by atoms with E-state index in [0.717, 1.165) is 0 Å². The maximum absolute atomic E-state index is 11.8. The van der Waals surface area contributed by atoms with Crippen molar-refractivity contribution < 1.29 is 19.5 Å². The van der Waals surface area contributed by atoms with Crippen LogP contribution in [0.15, 0.2) is 0 Å². The predicted molar refractivity (Wildman–Crippen MR) is 65.7 cm³/mol. The van der Waals surface area contributed by atoms with Crippen molar-refractivity contribution in [3.8, 4) is 0 Å². The van der Waals surface area contributed by atoms with E-state index in [4.69, 9.17) is 10.8 Å². The fourth-order valence-corrected chi connectivity index (χ4v) is 1.33. The number of carbonyl (C=O) groups is 3. The largest absolute Gasteiger partial charge is 0.480 e. The summed E-state index contributed by atoms with van der Waals surface area (Å²) < 4.78 is 0. The zero-order valence-corrected chi connectivity index (χ0v) is 10.9. The quantitative estimate of drug-likeness (QED) is 0.470. The first-order valence-electron chi connectivity index (χ1n) is 5.80. The molecule has 18 heavy (non-hydrogen) atoms. The maximum atomic E-state index is 11.8. The van der Waals surface area contributed by atoms with Gasteiger partial charge in [0.2, 0.25) is 11.8 Å². The number of carboxylic acid groups (broad SMARTS) is 1. The second-order valence-electron chi connectivity index (χ2n) is 4.52. The van der Waals surface area contributed by atoms with Crippen molar-refractivity contribution in [2.45, 2.75) is 39.3 Å². The van der Waals surface area contributed by atoms with Crippen LogP contribution >= 0.6 is 0 Å². The van der Waals surface area contributed by atoms with Gasteiger partial charge in [-0.25, -0.2) is 0 Å². The zero-order chi connectivity index (χ0) is 14.3. The van der Waals surface area contributed by atoms with Gasteiger partial charge in [-0.15, -0.1) is 0 Å². The van der Waals surface area contributed by atoms with Gasteiger partial charge in [-0.2, -0.15) is 0 Å². The number of carbonyl (C=O) groups excluding carboxylic acids is 2. The minimum atomic E-state index is -1.13. The lowest BCUT2D eigenvalue weighted by Crippen LogP contribution is -2.52. The Morgan fingerprint density at radius 2 is 1.72 bits per heavy atom.